The smallest absolute Gasteiger partial charge is 0.408 e. The Morgan fingerprint density at radius 2 is 1.21 bits per heavy atom. The van der Waals surface area contributed by atoms with E-state index in [4.69, 9.17) is 14.2 Å². The quantitative estimate of drug-likeness (QED) is 0.106. The standard InChI is InChI=1S/C37H43N3O8/c1-3-4-20-46-32(41)23-31(40-36(45)47-24-28-18-12-7-13-19-28)35(44)39-30(22-27-16-10-6-11-17-27)34(43)38-29(33(42)37(2)25-48-37)21-26-14-8-5-9-15-26/h5-19,29-31H,3-4,20-25H2,1-2H3,(H,38,43)(H,39,44)(H,40,45)/t29?,30-,31?,37?/m0/s1. The number of hydrogen-bond donors (Lipinski definition) is 3. The van der Waals surface area contributed by atoms with Crippen LogP contribution in [0.25, 0.3) is 0 Å². The summed E-state index contributed by atoms with van der Waals surface area (Å²) < 4.78 is 16.0. The largest absolute Gasteiger partial charge is 0.466 e. The first-order valence-corrected chi connectivity index (χ1v) is 16.2. The number of Topliss-reactive ketones (excluding diaryl/α,β-unsaturated/α-hetero) is 1. The van der Waals surface area contributed by atoms with Crippen molar-refractivity contribution in [2.45, 2.75) is 76.3 Å². The number of alkyl carbamates (subject to hydrolysis) is 1. The number of benzene rings is 3. The molecule has 11 heteroatoms. The van der Waals surface area contributed by atoms with Gasteiger partial charge in [0.05, 0.1) is 25.7 Å². The Morgan fingerprint density at radius 3 is 1.75 bits per heavy atom. The van der Waals surface area contributed by atoms with Gasteiger partial charge in [0.25, 0.3) is 0 Å². The van der Waals surface area contributed by atoms with Crippen LogP contribution in [-0.4, -0.2) is 66.6 Å². The van der Waals surface area contributed by atoms with Crippen LogP contribution in [0.15, 0.2) is 91.0 Å². The number of carbonyl (C=O) groups excluding carboxylic acids is 5. The molecule has 0 spiro atoms. The monoisotopic (exact) mass is 657 g/mol. The molecule has 0 saturated carbocycles. The summed E-state index contributed by atoms with van der Waals surface area (Å²) in [7, 11) is 0. The van der Waals surface area contributed by atoms with E-state index in [2.05, 4.69) is 16.0 Å². The lowest BCUT2D eigenvalue weighted by atomic mass is 9.94. The van der Waals surface area contributed by atoms with Gasteiger partial charge in [-0.2, -0.15) is 0 Å². The van der Waals surface area contributed by atoms with Crippen LogP contribution in [0.3, 0.4) is 0 Å². The van der Waals surface area contributed by atoms with Crippen molar-refractivity contribution in [2.24, 2.45) is 0 Å². The zero-order valence-corrected chi connectivity index (χ0v) is 27.3. The lowest BCUT2D eigenvalue weighted by molar-refractivity contribution is -0.146. The van der Waals surface area contributed by atoms with Gasteiger partial charge in [-0.1, -0.05) is 104 Å². The van der Waals surface area contributed by atoms with E-state index in [0.29, 0.717) is 6.42 Å². The molecule has 4 rings (SSSR count). The number of rotatable bonds is 18. The predicted octanol–water partition coefficient (Wildman–Crippen LogP) is 3.83. The zero-order chi connectivity index (χ0) is 34.4. The van der Waals surface area contributed by atoms with Crippen LogP contribution in [-0.2, 0) is 52.8 Å². The first-order chi connectivity index (χ1) is 23.2. The van der Waals surface area contributed by atoms with Gasteiger partial charge in [0.1, 0.15) is 24.3 Å². The number of amides is 3. The van der Waals surface area contributed by atoms with Crippen LogP contribution in [0.5, 0.6) is 0 Å². The van der Waals surface area contributed by atoms with Crippen LogP contribution in [0, 0.1) is 0 Å². The molecule has 3 unspecified atom stereocenters. The predicted molar refractivity (Wildman–Crippen MR) is 178 cm³/mol. The maximum absolute atomic E-state index is 13.9. The summed E-state index contributed by atoms with van der Waals surface area (Å²) in [5, 5.41) is 8.01. The molecule has 254 valence electrons. The van der Waals surface area contributed by atoms with Gasteiger partial charge in [-0.15, -0.1) is 0 Å². The molecule has 0 radical (unpaired) electrons. The number of carbonyl (C=O) groups is 5. The fourth-order valence-corrected chi connectivity index (χ4v) is 4.95. The molecule has 0 bridgehead atoms. The van der Waals surface area contributed by atoms with Crippen LogP contribution in [0.4, 0.5) is 4.79 Å². The number of ketones is 1. The average Bonchev–Trinajstić information content (AvgIpc) is 3.85. The van der Waals surface area contributed by atoms with E-state index >= 15 is 0 Å². The van der Waals surface area contributed by atoms with Gasteiger partial charge in [0.2, 0.25) is 11.8 Å². The fraction of sp³-hybridized carbons (Fsp3) is 0.378. The lowest BCUT2D eigenvalue weighted by Crippen LogP contribution is -2.58. The van der Waals surface area contributed by atoms with Gasteiger partial charge in [0, 0.05) is 6.42 Å². The van der Waals surface area contributed by atoms with Crippen molar-refractivity contribution in [1.82, 2.24) is 16.0 Å². The zero-order valence-electron chi connectivity index (χ0n) is 27.3. The van der Waals surface area contributed by atoms with Crippen LogP contribution in [0.2, 0.25) is 0 Å². The maximum Gasteiger partial charge on any atom is 0.408 e. The van der Waals surface area contributed by atoms with Crippen molar-refractivity contribution in [3.05, 3.63) is 108 Å². The first kappa shape index (κ1) is 35.8. The summed E-state index contributed by atoms with van der Waals surface area (Å²) in [6, 6.07) is 23.8. The second-order valence-electron chi connectivity index (χ2n) is 11.9. The second-order valence-corrected chi connectivity index (χ2v) is 11.9. The molecular weight excluding hydrogens is 614 g/mol. The Balaban J connectivity index is 1.52. The van der Waals surface area contributed by atoms with E-state index in [1.165, 1.54) is 0 Å². The SMILES string of the molecule is CCCCOC(=O)CC(NC(=O)OCc1ccccc1)C(=O)N[C@@H](Cc1ccccc1)C(=O)NC(Cc1ccccc1)C(=O)C1(C)CO1. The number of nitrogens with one attached hydrogen (secondary N) is 3. The fourth-order valence-electron chi connectivity index (χ4n) is 4.95. The number of esters is 1. The maximum atomic E-state index is 13.9. The highest BCUT2D eigenvalue weighted by atomic mass is 16.6. The molecule has 3 N–H and O–H groups in total. The van der Waals surface area contributed by atoms with E-state index in [1.807, 2.05) is 49.4 Å². The minimum atomic E-state index is -1.41. The molecule has 1 aliphatic heterocycles. The Kier molecular flexibility index (Phi) is 13.3. The third-order valence-corrected chi connectivity index (χ3v) is 7.88. The molecule has 3 amide bonds. The first-order valence-electron chi connectivity index (χ1n) is 16.2. The summed E-state index contributed by atoms with van der Waals surface area (Å²) >= 11 is 0. The highest BCUT2D eigenvalue weighted by molar-refractivity contribution is 5.99. The van der Waals surface area contributed by atoms with Crippen LogP contribution in [0.1, 0.15) is 49.8 Å². The lowest BCUT2D eigenvalue weighted by Gasteiger charge is -2.26. The summed E-state index contributed by atoms with van der Waals surface area (Å²) in [6.45, 7) is 3.98. The third kappa shape index (κ3) is 11.3. The molecule has 1 heterocycles. The Labute approximate surface area is 280 Å². The molecule has 0 aromatic heterocycles. The molecule has 1 aliphatic rings. The van der Waals surface area contributed by atoms with Crippen molar-refractivity contribution < 1.29 is 38.2 Å². The third-order valence-electron chi connectivity index (χ3n) is 7.88. The summed E-state index contributed by atoms with van der Waals surface area (Å²) in [4.78, 5) is 66.6. The highest BCUT2D eigenvalue weighted by Crippen LogP contribution is 2.29. The molecule has 4 atom stereocenters. The molecule has 1 fully saturated rings. The van der Waals surface area contributed by atoms with Crippen molar-refractivity contribution in [2.75, 3.05) is 13.2 Å². The van der Waals surface area contributed by atoms with Crippen molar-refractivity contribution in [3.8, 4) is 0 Å². The number of hydrogen-bond acceptors (Lipinski definition) is 8. The number of ether oxygens (including phenoxy) is 3. The molecule has 48 heavy (non-hydrogen) atoms. The van der Waals surface area contributed by atoms with Crippen LogP contribution < -0.4 is 16.0 Å². The van der Waals surface area contributed by atoms with Crippen molar-refractivity contribution >= 4 is 29.7 Å². The van der Waals surface area contributed by atoms with Gasteiger partial charge in [0.15, 0.2) is 5.78 Å². The summed E-state index contributed by atoms with van der Waals surface area (Å²) in [6.07, 6.45) is 0.330. The van der Waals surface area contributed by atoms with Gasteiger partial charge >= 0.3 is 12.1 Å². The Morgan fingerprint density at radius 1 is 0.708 bits per heavy atom. The molecule has 3 aromatic rings. The minimum absolute atomic E-state index is 0.0551. The molecule has 1 saturated heterocycles. The number of epoxide rings is 1. The topological polar surface area (TPSA) is 152 Å². The molecular formula is C37H43N3O8. The molecule has 11 nitrogen and oxygen atoms in total. The Bertz CT molecular complexity index is 1510. The molecule has 0 aliphatic carbocycles. The van der Waals surface area contributed by atoms with E-state index in [1.54, 1.807) is 55.5 Å². The average molecular weight is 658 g/mol. The van der Waals surface area contributed by atoms with Gasteiger partial charge in [-0.05, 0) is 36.5 Å². The second kappa shape index (κ2) is 17.8. The van der Waals surface area contributed by atoms with E-state index < -0.39 is 54.0 Å². The van der Waals surface area contributed by atoms with Gasteiger partial charge < -0.3 is 30.2 Å². The molecule has 3 aromatic carbocycles. The van der Waals surface area contributed by atoms with Crippen molar-refractivity contribution in [3.63, 3.8) is 0 Å². The minimum Gasteiger partial charge on any atom is -0.466 e. The van der Waals surface area contributed by atoms with E-state index in [-0.39, 0.29) is 38.4 Å². The van der Waals surface area contributed by atoms with Crippen molar-refractivity contribution in [1.29, 1.82) is 0 Å². The normalized spacial score (nSPS) is 16.8. The highest BCUT2D eigenvalue weighted by Gasteiger charge is 2.50. The summed E-state index contributed by atoms with van der Waals surface area (Å²) in [5.74, 6) is -2.37. The van der Waals surface area contributed by atoms with Gasteiger partial charge in [-0.25, -0.2) is 4.79 Å². The van der Waals surface area contributed by atoms with Crippen LogP contribution >= 0.6 is 0 Å². The summed E-state index contributed by atoms with van der Waals surface area (Å²) in [5.41, 5.74) is 1.31. The van der Waals surface area contributed by atoms with Gasteiger partial charge in [-0.3, -0.25) is 19.2 Å². The Hall–Kier alpha value is -5.03. The van der Waals surface area contributed by atoms with E-state index in [9.17, 15) is 24.0 Å². The van der Waals surface area contributed by atoms with E-state index in [0.717, 1.165) is 23.1 Å². The number of unbranched alkanes of at least 4 members (excludes halogenated alkanes) is 1.